The van der Waals surface area contributed by atoms with Crippen LogP contribution in [0.4, 0.5) is 0 Å². The molecule has 1 aromatic heterocycles. The number of H-pyrrole nitrogens is 1. The van der Waals surface area contributed by atoms with Gasteiger partial charge >= 0.3 is 0 Å². The lowest BCUT2D eigenvalue weighted by molar-refractivity contribution is 0.303. The summed E-state index contributed by atoms with van der Waals surface area (Å²) in [6, 6.07) is 24.7. The summed E-state index contributed by atoms with van der Waals surface area (Å²) >= 11 is 0. The van der Waals surface area contributed by atoms with Crippen molar-refractivity contribution in [2.75, 3.05) is 20.3 Å². The number of hydrogen-bond acceptors (Lipinski definition) is 7. The molecule has 4 aromatic rings. The molecule has 0 fully saturated rings. The van der Waals surface area contributed by atoms with Crippen molar-refractivity contribution in [2.45, 2.75) is 123 Å². The van der Waals surface area contributed by atoms with Crippen LogP contribution in [0.3, 0.4) is 0 Å². The molecule has 274 valence electrons. The fourth-order valence-electron chi connectivity index (χ4n) is 6.60. The first-order chi connectivity index (χ1) is 25.2. The Hall–Kier alpha value is -4.33. The number of hydrazone groups is 1. The number of aromatic nitrogens is 3. The Bertz CT molecular complexity index is 1580. The molecule has 2 N–H and O–H groups in total. The van der Waals surface area contributed by atoms with Gasteiger partial charge in [-0.05, 0) is 60.9 Å². The highest BCUT2D eigenvalue weighted by atomic mass is 16.5. The van der Waals surface area contributed by atoms with Gasteiger partial charge in [-0.2, -0.15) is 10.2 Å². The summed E-state index contributed by atoms with van der Waals surface area (Å²) < 4.78 is 12.0. The van der Waals surface area contributed by atoms with Crippen LogP contribution in [-0.2, 0) is 0 Å². The second-order valence-electron chi connectivity index (χ2n) is 13.9. The first-order valence-corrected chi connectivity index (χ1v) is 19.7. The molecule has 1 aliphatic heterocycles. The van der Waals surface area contributed by atoms with Crippen molar-refractivity contribution >= 4 is 5.84 Å². The minimum absolute atomic E-state index is 0.0622. The molecular weight excluding hydrogens is 633 g/mol. The van der Waals surface area contributed by atoms with Crippen molar-refractivity contribution in [2.24, 2.45) is 5.10 Å². The summed E-state index contributed by atoms with van der Waals surface area (Å²) in [5.41, 5.74) is 7.36. The van der Waals surface area contributed by atoms with Crippen LogP contribution in [0, 0.1) is 0 Å². The lowest BCUT2D eigenvalue weighted by Crippen LogP contribution is -2.30. The van der Waals surface area contributed by atoms with E-state index in [1.165, 1.54) is 89.9 Å². The zero-order valence-electron chi connectivity index (χ0n) is 31.3. The van der Waals surface area contributed by atoms with E-state index < -0.39 is 0 Å². The van der Waals surface area contributed by atoms with Crippen molar-refractivity contribution in [1.29, 1.82) is 0 Å². The number of benzene rings is 3. The molecule has 5 rings (SSSR count). The van der Waals surface area contributed by atoms with Crippen molar-refractivity contribution < 1.29 is 9.47 Å². The molecule has 0 spiro atoms. The van der Waals surface area contributed by atoms with Crippen molar-refractivity contribution in [3.05, 3.63) is 83.9 Å². The number of nitrogens with zero attached hydrogens (tertiary/aromatic N) is 4. The van der Waals surface area contributed by atoms with Crippen LogP contribution >= 0.6 is 0 Å². The second-order valence-corrected chi connectivity index (χ2v) is 13.9. The van der Waals surface area contributed by atoms with Gasteiger partial charge < -0.3 is 14.4 Å². The summed E-state index contributed by atoms with van der Waals surface area (Å²) in [5.74, 6) is 4.05. The summed E-state index contributed by atoms with van der Waals surface area (Å²) in [4.78, 5) is 6.99. The number of aromatic amines is 1. The molecule has 8 heteroatoms. The third-order valence-corrected chi connectivity index (χ3v) is 9.74. The van der Waals surface area contributed by atoms with E-state index in [9.17, 15) is 0 Å². The predicted octanol–water partition coefficient (Wildman–Crippen LogP) is 11.1. The fraction of sp³-hybridized carbons (Fsp3) is 0.512. The van der Waals surface area contributed by atoms with Crippen LogP contribution in [0.1, 0.15) is 134 Å². The summed E-state index contributed by atoms with van der Waals surface area (Å²) in [7, 11) is 2.07. The Balaban J connectivity index is 1.07. The number of amidine groups is 1. The van der Waals surface area contributed by atoms with E-state index >= 15 is 0 Å². The van der Waals surface area contributed by atoms with Crippen molar-refractivity contribution in [1.82, 2.24) is 25.5 Å². The number of rotatable bonds is 24. The molecule has 0 aliphatic carbocycles. The first-order valence-electron chi connectivity index (χ1n) is 19.7. The van der Waals surface area contributed by atoms with Gasteiger partial charge in [-0.1, -0.05) is 134 Å². The molecule has 51 heavy (non-hydrogen) atoms. The van der Waals surface area contributed by atoms with Crippen LogP contribution in [0.15, 0.2) is 77.9 Å². The van der Waals surface area contributed by atoms with Crippen LogP contribution in [-0.4, -0.2) is 46.2 Å². The standard InChI is InChI=1S/C43H60N6O2/c1-4-6-8-10-12-14-16-18-31-50-38-27-23-34(24-28-38)40-44-41(46-45-40)36-21-20-22-37(33-36)43-48-47-42(49(43)3)35-25-29-39(30-26-35)51-32-19-17-15-13-11-9-7-5-2/h20-30,33,42,47H,4-19,31-32H2,1-3H3,(H,44,45,46). The smallest absolute Gasteiger partial charge is 0.181 e. The lowest BCUT2D eigenvalue weighted by atomic mass is 10.1. The van der Waals surface area contributed by atoms with Gasteiger partial charge in [0.25, 0.3) is 0 Å². The van der Waals surface area contributed by atoms with Gasteiger partial charge in [0.1, 0.15) is 17.7 Å². The highest BCUT2D eigenvalue weighted by Crippen LogP contribution is 2.28. The molecule has 0 amide bonds. The number of nitrogens with one attached hydrogen (secondary N) is 2. The fourth-order valence-corrected chi connectivity index (χ4v) is 6.60. The Morgan fingerprint density at radius 3 is 1.73 bits per heavy atom. The molecule has 0 saturated carbocycles. The lowest BCUT2D eigenvalue weighted by Gasteiger charge is -2.23. The molecule has 0 bridgehead atoms. The Labute approximate surface area is 306 Å². The van der Waals surface area contributed by atoms with E-state index in [1.54, 1.807) is 0 Å². The summed E-state index contributed by atoms with van der Waals surface area (Å²) in [6.07, 6.45) is 20.7. The van der Waals surface area contributed by atoms with Crippen LogP contribution in [0.2, 0.25) is 0 Å². The summed E-state index contributed by atoms with van der Waals surface area (Å²) in [5, 5.41) is 12.4. The summed E-state index contributed by atoms with van der Waals surface area (Å²) in [6.45, 7) is 6.06. The largest absolute Gasteiger partial charge is 0.494 e. The maximum Gasteiger partial charge on any atom is 0.181 e. The molecule has 2 heterocycles. The van der Waals surface area contributed by atoms with Gasteiger partial charge in [0.05, 0.1) is 13.2 Å². The second kappa shape index (κ2) is 21.1. The van der Waals surface area contributed by atoms with Crippen LogP contribution in [0.25, 0.3) is 22.8 Å². The van der Waals surface area contributed by atoms with E-state index in [2.05, 4.69) is 77.8 Å². The van der Waals surface area contributed by atoms with Crippen molar-refractivity contribution in [3.8, 4) is 34.3 Å². The minimum Gasteiger partial charge on any atom is -0.494 e. The van der Waals surface area contributed by atoms with Crippen LogP contribution < -0.4 is 14.9 Å². The van der Waals surface area contributed by atoms with E-state index in [0.717, 1.165) is 71.5 Å². The minimum atomic E-state index is -0.0622. The Morgan fingerprint density at radius 1 is 0.608 bits per heavy atom. The highest BCUT2D eigenvalue weighted by Gasteiger charge is 2.27. The van der Waals surface area contributed by atoms with E-state index in [1.807, 2.05) is 36.4 Å². The molecular formula is C43H60N6O2. The quantitative estimate of drug-likeness (QED) is 0.0711. The molecule has 0 saturated heterocycles. The number of hydrogen-bond donors (Lipinski definition) is 2. The maximum atomic E-state index is 6.03. The maximum absolute atomic E-state index is 6.03. The zero-order chi connectivity index (χ0) is 35.5. The van der Waals surface area contributed by atoms with Crippen LogP contribution in [0.5, 0.6) is 11.5 Å². The zero-order valence-corrected chi connectivity index (χ0v) is 31.3. The van der Waals surface area contributed by atoms with Gasteiger partial charge in [0.2, 0.25) is 0 Å². The van der Waals surface area contributed by atoms with E-state index in [0.29, 0.717) is 5.82 Å². The molecule has 1 aliphatic rings. The average Bonchev–Trinajstić information content (AvgIpc) is 3.82. The van der Waals surface area contributed by atoms with Crippen molar-refractivity contribution in [3.63, 3.8) is 0 Å². The van der Waals surface area contributed by atoms with Gasteiger partial charge in [-0.25, -0.2) is 4.98 Å². The molecule has 1 atom stereocenters. The predicted molar refractivity (Wildman–Crippen MR) is 210 cm³/mol. The molecule has 8 nitrogen and oxygen atoms in total. The molecule has 3 aromatic carbocycles. The van der Waals surface area contributed by atoms with Gasteiger partial charge in [0, 0.05) is 23.7 Å². The van der Waals surface area contributed by atoms with Gasteiger partial charge in [-0.15, -0.1) is 0 Å². The van der Waals surface area contributed by atoms with Gasteiger partial charge in [-0.3, -0.25) is 10.5 Å². The molecule has 1 unspecified atom stereocenters. The number of ether oxygens (including phenoxy) is 2. The molecule has 0 radical (unpaired) electrons. The Kier molecular flexibility index (Phi) is 15.7. The van der Waals surface area contributed by atoms with Gasteiger partial charge in [0.15, 0.2) is 17.5 Å². The van der Waals surface area contributed by atoms with E-state index in [4.69, 9.17) is 19.6 Å². The third-order valence-electron chi connectivity index (χ3n) is 9.74. The average molecular weight is 693 g/mol. The SMILES string of the molecule is CCCCCCCCCCOc1ccc(-c2nc(-c3cccc(C4=NNC(c5ccc(OCCCCCCCCCC)cc5)N4C)c3)n[nH]2)cc1. The highest BCUT2D eigenvalue weighted by molar-refractivity contribution is 6.00. The Morgan fingerprint density at radius 2 is 1.14 bits per heavy atom. The number of unbranched alkanes of at least 4 members (excludes halogenated alkanes) is 14. The first kappa shape index (κ1) is 37.9. The monoisotopic (exact) mass is 692 g/mol. The topological polar surface area (TPSA) is 87.7 Å². The normalized spacial score (nSPS) is 14.1. The van der Waals surface area contributed by atoms with E-state index in [-0.39, 0.29) is 6.17 Å². The third kappa shape index (κ3) is 11.9.